The number of aromatic nitrogens is 1. The summed E-state index contributed by atoms with van der Waals surface area (Å²) < 4.78 is 3.09. The maximum absolute atomic E-state index is 12.3. The molecule has 1 aromatic carbocycles. The van der Waals surface area contributed by atoms with Crippen molar-refractivity contribution in [1.29, 1.82) is 0 Å². The number of nitrogens with zero attached hydrogens (tertiary/aromatic N) is 2. The number of likely N-dealkylation sites (N-methyl/N-ethyl adjacent to an activating group) is 1. The van der Waals surface area contributed by atoms with E-state index < -0.39 is 17.8 Å². The Morgan fingerprint density at radius 1 is 1.08 bits per heavy atom. The Morgan fingerprint density at radius 3 is 2.42 bits per heavy atom. The Morgan fingerprint density at radius 2 is 1.77 bits per heavy atom. The van der Waals surface area contributed by atoms with Crippen molar-refractivity contribution in [3.8, 4) is 5.69 Å². The molecular weight excluding hydrogens is 398 g/mol. The van der Waals surface area contributed by atoms with Gasteiger partial charge in [0.1, 0.15) is 5.57 Å². The van der Waals surface area contributed by atoms with Crippen molar-refractivity contribution in [2.24, 2.45) is 0 Å². The Kier molecular flexibility index (Phi) is 4.58. The second kappa shape index (κ2) is 6.57. The van der Waals surface area contributed by atoms with Crippen molar-refractivity contribution < 1.29 is 14.4 Å². The molecule has 0 atom stereocenters. The lowest BCUT2D eigenvalue weighted by atomic mass is 10.1. The van der Waals surface area contributed by atoms with Crippen LogP contribution in [-0.4, -0.2) is 34.4 Å². The van der Waals surface area contributed by atoms with Gasteiger partial charge in [0, 0.05) is 28.6 Å². The van der Waals surface area contributed by atoms with Crippen LogP contribution in [0.5, 0.6) is 0 Å². The van der Waals surface area contributed by atoms with Gasteiger partial charge in [0.25, 0.3) is 11.8 Å². The molecule has 26 heavy (non-hydrogen) atoms. The quantitative estimate of drug-likeness (QED) is 0.604. The summed E-state index contributed by atoms with van der Waals surface area (Å²) in [5, 5.41) is 2.16. The highest BCUT2D eigenvalue weighted by molar-refractivity contribution is 9.10. The van der Waals surface area contributed by atoms with Gasteiger partial charge in [-0.15, -0.1) is 0 Å². The number of imide groups is 2. The minimum Gasteiger partial charge on any atom is -0.318 e. The van der Waals surface area contributed by atoms with Crippen LogP contribution in [-0.2, 0) is 9.59 Å². The normalized spacial score (nSPS) is 16.4. The predicted octanol–water partition coefficient (Wildman–Crippen LogP) is 3.26. The molecule has 1 aliphatic heterocycles. The summed E-state index contributed by atoms with van der Waals surface area (Å²) in [6, 6.07) is 7.25. The summed E-state index contributed by atoms with van der Waals surface area (Å²) >= 11 is 3.50. The molecule has 1 fully saturated rings. The maximum Gasteiger partial charge on any atom is 0.331 e. The molecule has 2 aromatic rings. The highest BCUT2D eigenvalue weighted by Gasteiger charge is 2.33. The molecule has 0 saturated carbocycles. The molecule has 3 rings (SSSR count). The van der Waals surface area contributed by atoms with Gasteiger partial charge in [-0.1, -0.05) is 15.9 Å². The summed E-state index contributed by atoms with van der Waals surface area (Å²) in [6.07, 6.45) is 1.53. The predicted molar refractivity (Wildman–Crippen MR) is 102 cm³/mol. The molecule has 0 aliphatic carbocycles. The fourth-order valence-corrected chi connectivity index (χ4v) is 3.25. The van der Waals surface area contributed by atoms with Crippen LogP contribution in [0.3, 0.4) is 0 Å². The fourth-order valence-electron chi connectivity index (χ4n) is 3.00. The van der Waals surface area contributed by atoms with Crippen LogP contribution in [0, 0.1) is 20.8 Å². The van der Waals surface area contributed by atoms with Crippen molar-refractivity contribution in [2.75, 3.05) is 7.05 Å². The molecule has 1 saturated heterocycles. The molecule has 1 aromatic heterocycles. The molecule has 7 heteroatoms. The number of hydrogen-bond acceptors (Lipinski definition) is 3. The van der Waals surface area contributed by atoms with E-state index in [9.17, 15) is 14.4 Å². The first-order chi connectivity index (χ1) is 12.2. The monoisotopic (exact) mass is 415 g/mol. The molecule has 0 bridgehead atoms. The minimum absolute atomic E-state index is 0.0562. The zero-order valence-electron chi connectivity index (χ0n) is 14.9. The average molecular weight is 416 g/mol. The summed E-state index contributed by atoms with van der Waals surface area (Å²) in [5.41, 5.74) is 4.68. The van der Waals surface area contributed by atoms with Gasteiger partial charge in [-0.2, -0.15) is 0 Å². The molecular formula is C19H18BrN3O3. The van der Waals surface area contributed by atoms with Crippen molar-refractivity contribution in [2.45, 2.75) is 20.8 Å². The van der Waals surface area contributed by atoms with E-state index in [2.05, 4.69) is 31.9 Å². The molecule has 1 N–H and O–H groups in total. The van der Waals surface area contributed by atoms with E-state index in [1.165, 1.54) is 13.1 Å². The van der Waals surface area contributed by atoms with E-state index in [4.69, 9.17) is 0 Å². The van der Waals surface area contributed by atoms with Crippen molar-refractivity contribution in [3.05, 3.63) is 56.8 Å². The van der Waals surface area contributed by atoms with E-state index in [1.807, 2.05) is 39.0 Å². The lowest BCUT2D eigenvalue weighted by Gasteiger charge is -2.22. The first-order valence-corrected chi connectivity index (χ1v) is 8.80. The zero-order valence-corrected chi connectivity index (χ0v) is 16.5. The van der Waals surface area contributed by atoms with Crippen LogP contribution in [0.25, 0.3) is 11.8 Å². The van der Waals surface area contributed by atoms with E-state index in [0.29, 0.717) is 0 Å². The van der Waals surface area contributed by atoms with Gasteiger partial charge in [-0.25, -0.2) is 4.79 Å². The number of urea groups is 1. The van der Waals surface area contributed by atoms with Gasteiger partial charge in [0.15, 0.2) is 0 Å². The Hall–Kier alpha value is -2.67. The van der Waals surface area contributed by atoms with E-state index in [-0.39, 0.29) is 5.57 Å². The minimum atomic E-state index is -0.715. The first-order valence-electron chi connectivity index (χ1n) is 8.01. The second-order valence-electron chi connectivity index (χ2n) is 6.28. The van der Waals surface area contributed by atoms with Crippen LogP contribution in [0.15, 0.2) is 34.3 Å². The summed E-state index contributed by atoms with van der Waals surface area (Å²) in [4.78, 5) is 36.7. The Bertz CT molecular complexity index is 988. The number of halogens is 1. The lowest BCUT2D eigenvalue weighted by Crippen LogP contribution is -2.52. The van der Waals surface area contributed by atoms with Gasteiger partial charge in [-0.05, 0) is 62.2 Å². The lowest BCUT2D eigenvalue weighted by molar-refractivity contribution is -0.129. The number of barbiturate groups is 1. The van der Waals surface area contributed by atoms with Crippen LogP contribution < -0.4 is 5.32 Å². The van der Waals surface area contributed by atoms with Crippen LogP contribution in [0.2, 0.25) is 0 Å². The third kappa shape index (κ3) is 2.99. The van der Waals surface area contributed by atoms with Crippen LogP contribution in [0.1, 0.15) is 22.5 Å². The number of carbonyl (C=O) groups is 3. The highest BCUT2D eigenvalue weighted by atomic mass is 79.9. The van der Waals surface area contributed by atoms with Gasteiger partial charge < -0.3 is 4.57 Å². The van der Waals surface area contributed by atoms with Gasteiger partial charge >= 0.3 is 6.03 Å². The molecule has 4 amide bonds. The van der Waals surface area contributed by atoms with E-state index in [1.54, 1.807) is 0 Å². The maximum atomic E-state index is 12.3. The number of carbonyl (C=O) groups excluding carboxylic acids is 3. The van der Waals surface area contributed by atoms with Crippen molar-refractivity contribution in [1.82, 2.24) is 14.8 Å². The molecule has 0 unspecified atom stereocenters. The van der Waals surface area contributed by atoms with Crippen molar-refractivity contribution in [3.63, 3.8) is 0 Å². The molecule has 6 nitrogen and oxygen atoms in total. The smallest absolute Gasteiger partial charge is 0.318 e. The Labute approximate surface area is 159 Å². The molecule has 1 aliphatic rings. The third-order valence-corrected chi connectivity index (χ3v) is 5.36. The Balaban J connectivity index is 2.08. The van der Waals surface area contributed by atoms with Gasteiger partial charge in [0.2, 0.25) is 0 Å². The van der Waals surface area contributed by atoms with Gasteiger partial charge in [-0.3, -0.25) is 19.8 Å². The number of benzene rings is 1. The van der Waals surface area contributed by atoms with E-state index in [0.717, 1.165) is 37.6 Å². The summed E-state index contributed by atoms with van der Waals surface area (Å²) in [7, 11) is 1.34. The molecule has 0 spiro atoms. The number of amides is 4. The number of hydrogen-bond donors (Lipinski definition) is 1. The molecule has 2 heterocycles. The molecule has 0 radical (unpaired) electrons. The average Bonchev–Trinajstić information content (AvgIpc) is 2.86. The first kappa shape index (κ1) is 18.1. The van der Waals surface area contributed by atoms with Crippen LogP contribution >= 0.6 is 15.9 Å². The topological polar surface area (TPSA) is 71.4 Å². The highest BCUT2D eigenvalue weighted by Crippen LogP contribution is 2.26. The fraction of sp³-hybridized carbons (Fsp3) is 0.211. The largest absolute Gasteiger partial charge is 0.331 e. The SMILES string of the molecule is Cc1cc(-n2c(C)cc(/C=C3\C(=O)NC(=O)N(C)C3=O)c2C)ccc1Br. The second-order valence-corrected chi connectivity index (χ2v) is 7.13. The number of nitrogens with one attached hydrogen (secondary N) is 1. The van der Waals surface area contributed by atoms with Gasteiger partial charge in [0.05, 0.1) is 0 Å². The van der Waals surface area contributed by atoms with E-state index >= 15 is 0 Å². The summed E-state index contributed by atoms with van der Waals surface area (Å²) in [6.45, 7) is 5.91. The molecule has 134 valence electrons. The number of aryl methyl sites for hydroxylation is 2. The van der Waals surface area contributed by atoms with Crippen molar-refractivity contribution >= 4 is 39.9 Å². The number of rotatable bonds is 2. The zero-order chi connectivity index (χ0) is 19.2. The summed E-state index contributed by atoms with van der Waals surface area (Å²) in [5.74, 6) is -1.29. The standard InChI is InChI=1S/C19H18BrN3O3/c1-10-7-14(5-6-16(10)20)23-11(2)8-13(12(23)3)9-15-17(24)21-19(26)22(4)18(15)25/h5-9H,1-4H3,(H,21,24,26)/b15-9+. The third-order valence-electron chi connectivity index (χ3n) is 4.47. The van der Waals surface area contributed by atoms with Crippen LogP contribution in [0.4, 0.5) is 4.79 Å².